The van der Waals surface area contributed by atoms with Crippen LogP contribution in [-0.2, 0) is 11.2 Å². The topological polar surface area (TPSA) is 109 Å². The Labute approximate surface area is 104 Å². The molecule has 18 heavy (non-hydrogen) atoms. The van der Waals surface area contributed by atoms with Crippen LogP contribution in [-0.4, -0.2) is 45.2 Å². The summed E-state index contributed by atoms with van der Waals surface area (Å²) in [5.74, 6) is -0.471. The van der Waals surface area contributed by atoms with Gasteiger partial charge in [-0.2, -0.15) is 0 Å². The van der Waals surface area contributed by atoms with E-state index in [1.165, 1.54) is 4.68 Å². The van der Waals surface area contributed by atoms with Gasteiger partial charge in [0, 0.05) is 25.8 Å². The number of aliphatic hydroxyl groups excluding tert-OH is 1. The molecule has 0 aromatic carbocycles. The average molecular weight is 255 g/mol. The van der Waals surface area contributed by atoms with Crippen LogP contribution in [0.2, 0.25) is 0 Å². The Morgan fingerprint density at radius 1 is 1.56 bits per heavy atom. The number of carbonyl (C=O) groups excluding carboxylic acids is 2. The lowest BCUT2D eigenvalue weighted by Gasteiger charge is -2.11. The number of urea groups is 1. The van der Waals surface area contributed by atoms with Crippen LogP contribution < -0.4 is 10.6 Å². The molecule has 100 valence electrons. The van der Waals surface area contributed by atoms with Gasteiger partial charge < -0.3 is 10.4 Å². The zero-order valence-corrected chi connectivity index (χ0v) is 10.4. The SMILES string of the molecule is CCNC(=O)NC(=O)C(C)n1cc(CCO)nn1. The van der Waals surface area contributed by atoms with Gasteiger partial charge >= 0.3 is 6.03 Å². The van der Waals surface area contributed by atoms with Crippen LogP contribution in [0.4, 0.5) is 4.79 Å². The average Bonchev–Trinajstić information content (AvgIpc) is 2.77. The standard InChI is InChI=1S/C10H17N5O3/c1-3-11-10(18)12-9(17)7(2)15-6-8(4-5-16)13-14-15/h6-7,16H,3-5H2,1-2H3,(H2,11,12,17,18). The van der Waals surface area contributed by atoms with Gasteiger partial charge in [-0.3, -0.25) is 10.1 Å². The molecule has 0 bridgehead atoms. The van der Waals surface area contributed by atoms with Gasteiger partial charge in [0.15, 0.2) is 0 Å². The molecule has 0 saturated carbocycles. The van der Waals surface area contributed by atoms with Crippen LogP contribution in [0, 0.1) is 0 Å². The van der Waals surface area contributed by atoms with E-state index in [9.17, 15) is 9.59 Å². The molecule has 0 spiro atoms. The van der Waals surface area contributed by atoms with Crippen LogP contribution >= 0.6 is 0 Å². The lowest BCUT2D eigenvalue weighted by Crippen LogP contribution is -2.42. The molecule has 3 N–H and O–H groups in total. The zero-order chi connectivity index (χ0) is 13.5. The molecule has 0 aliphatic carbocycles. The second kappa shape index (κ2) is 6.70. The summed E-state index contributed by atoms with van der Waals surface area (Å²) in [6.45, 7) is 3.77. The van der Waals surface area contributed by atoms with Crippen LogP contribution in [0.1, 0.15) is 25.6 Å². The van der Waals surface area contributed by atoms with Gasteiger partial charge in [0.2, 0.25) is 0 Å². The first-order valence-electron chi connectivity index (χ1n) is 5.68. The Morgan fingerprint density at radius 3 is 2.89 bits per heavy atom. The Morgan fingerprint density at radius 2 is 2.28 bits per heavy atom. The van der Waals surface area contributed by atoms with E-state index in [0.29, 0.717) is 18.7 Å². The third kappa shape index (κ3) is 3.81. The molecule has 3 amide bonds. The van der Waals surface area contributed by atoms with Gasteiger partial charge in [0.1, 0.15) is 6.04 Å². The quantitative estimate of drug-likeness (QED) is 0.639. The minimum atomic E-state index is -0.646. The molecule has 1 rings (SSSR count). The first kappa shape index (κ1) is 14.1. The van der Waals surface area contributed by atoms with E-state index in [0.717, 1.165) is 0 Å². The highest BCUT2D eigenvalue weighted by atomic mass is 16.3. The fourth-order valence-corrected chi connectivity index (χ4v) is 1.27. The monoisotopic (exact) mass is 255 g/mol. The summed E-state index contributed by atoms with van der Waals surface area (Å²) in [6.07, 6.45) is 1.95. The number of imide groups is 1. The van der Waals surface area contributed by atoms with Crippen molar-refractivity contribution in [3.05, 3.63) is 11.9 Å². The van der Waals surface area contributed by atoms with Crippen molar-refractivity contribution in [3.8, 4) is 0 Å². The highest BCUT2D eigenvalue weighted by Gasteiger charge is 2.18. The van der Waals surface area contributed by atoms with E-state index in [2.05, 4.69) is 20.9 Å². The molecule has 8 nitrogen and oxygen atoms in total. The predicted octanol–water partition coefficient (Wildman–Crippen LogP) is -0.780. The smallest absolute Gasteiger partial charge is 0.321 e. The second-order valence-electron chi connectivity index (χ2n) is 3.69. The maximum absolute atomic E-state index is 11.7. The molecule has 1 heterocycles. The van der Waals surface area contributed by atoms with Crippen molar-refractivity contribution in [2.24, 2.45) is 0 Å². The van der Waals surface area contributed by atoms with Crippen molar-refractivity contribution < 1.29 is 14.7 Å². The fraction of sp³-hybridized carbons (Fsp3) is 0.600. The molecule has 0 saturated heterocycles. The number of nitrogens with zero attached hydrogens (tertiary/aromatic N) is 3. The zero-order valence-electron chi connectivity index (χ0n) is 10.4. The number of aliphatic hydroxyl groups is 1. The lowest BCUT2D eigenvalue weighted by molar-refractivity contribution is -0.123. The van der Waals surface area contributed by atoms with Crippen LogP contribution in [0.15, 0.2) is 6.20 Å². The number of nitrogens with one attached hydrogen (secondary N) is 2. The van der Waals surface area contributed by atoms with Crippen LogP contribution in [0.5, 0.6) is 0 Å². The molecule has 0 aliphatic rings. The molecular formula is C10H17N5O3. The van der Waals surface area contributed by atoms with Crippen molar-refractivity contribution in [3.63, 3.8) is 0 Å². The first-order valence-corrected chi connectivity index (χ1v) is 5.68. The lowest BCUT2D eigenvalue weighted by atomic mass is 10.3. The number of carbonyl (C=O) groups is 2. The van der Waals surface area contributed by atoms with E-state index < -0.39 is 18.0 Å². The first-order chi connectivity index (χ1) is 8.58. The van der Waals surface area contributed by atoms with Crippen molar-refractivity contribution in [1.82, 2.24) is 25.6 Å². The Hall–Kier alpha value is -1.96. The molecule has 0 radical (unpaired) electrons. The summed E-state index contributed by atoms with van der Waals surface area (Å²) in [7, 11) is 0. The minimum Gasteiger partial charge on any atom is -0.396 e. The van der Waals surface area contributed by atoms with Crippen molar-refractivity contribution in [2.75, 3.05) is 13.2 Å². The third-order valence-corrected chi connectivity index (χ3v) is 2.28. The predicted molar refractivity (Wildman–Crippen MR) is 62.7 cm³/mol. The number of hydrogen-bond donors (Lipinski definition) is 3. The molecule has 8 heteroatoms. The molecule has 0 fully saturated rings. The van der Waals surface area contributed by atoms with Crippen LogP contribution in [0.25, 0.3) is 0 Å². The molecule has 1 aromatic heterocycles. The van der Waals surface area contributed by atoms with Gasteiger partial charge in [0.05, 0.1) is 5.69 Å². The molecule has 1 unspecified atom stereocenters. The van der Waals surface area contributed by atoms with Gasteiger partial charge in [-0.05, 0) is 13.8 Å². The number of hydrogen-bond acceptors (Lipinski definition) is 5. The highest BCUT2D eigenvalue weighted by molar-refractivity contribution is 5.95. The number of aromatic nitrogens is 3. The Balaban J connectivity index is 2.59. The molecule has 1 aromatic rings. The van der Waals surface area contributed by atoms with Gasteiger partial charge in [-0.25, -0.2) is 9.48 Å². The van der Waals surface area contributed by atoms with E-state index in [1.54, 1.807) is 20.0 Å². The number of amides is 3. The largest absolute Gasteiger partial charge is 0.396 e. The molecule has 1 atom stereocenters. The van der Waals surface area contributed by atoms with E-state index >= 15 is 0 Å². The van der Waals surface area contributed by atoms with E-state index in [4.69, 9.17) is 5.11 Å². The van der Waals surface area contributed by atoms with Gasteiger partial charge in [0.25, 0.3) is 5.91 Å². The van der Waals surface area contributed by atoms with E-state index in [-0.39, 0.29) is 6.61 Å². The Bertz CT molecular complexity index is 417. The van der Waals surface area contributed by atoms with Gasteiger partial charge in [-0.1, -0.05) is 5.21 Å². The highest BCUT2D eigenvalue weighted by Crippen LogP contribution is 2.04. The van der Waals surface area contributed by atoms with Crippen molar-refractivity contribution >= 4 is 11.9 Å². The summed E-state index contributed by atoms with van der Waals surface area (Å²) in [5, 5.41) is 21.0. The van der Waals surface area contributed by atoms with E-state index in [1.807, 2.05) is 0 Å². The fourth-order valence-electron chi connectivity index (χ4n) is 1.27. The number of rotatable bonds is 5. The van der Waals surface area contributed by atoms with Crippen molar-refractivity contribution in [2.45, 2.75) is 26.3 Å². The summed E-state index contributed by atoms with van der Waals surface area (Å²) in [4.78, 5) is 22.9. The summed E-state index contributed by atoms with van der Waals surface area (Å²) < 4.78 is 1.35. The summed E-state index contributed by atoms with van der Waals surface area (Å²) in [5.41, 5.74) is 0.593. The summed E-state index contributed by atoms with van der Waals surface area (Å²) in [6, 6.07) is -1.18. The summed E-state index contributed by atoms with van der Waals surface area (Å²) >= 11 is 0. The second-order valence-corrected chi connectivity index (χ2v) is 3.69. The minimum absolute atomic E-state index is 0.0296. The Kier molecular flexibility index (Phi) is 5.25. The molecular weight excluding hydrogens is 238 g/mol. The van der Waals surface area contributed by atoms with Crippen LogP contribution in [0.3, 0.4) is 0 Å². The van der Waals surface area contributed by atoms with Gasteiger partial charge in [-0.15, -0.1) is 5.10 Å². The van der Waals surface area contributed by atoms with Crippen molar-refractivity contribution in [1.29, 1.82) is 0 Å². The maximum atomic E-state index is 11.7. The third-order valence-electron chi connectivity index (χ3n) is 2.28. The normalized spacial score (nSPS) is 11.9. The molecule has 0 aliphatic heterocycles. The maximum Gasteiger partial charge on any atom is 0.321 e.